The Bertz CT molecular complexity index is 664. The second-order valence-electron chi connectivity index (χ2n) is 5.10. The minimum atomic E-state index is -0.0322. The van der Waals surface area contributed by atoms with E-state index in [9.17, 15) is 4.79 Å². The number of carbonyl (C=O) groups is 1. The van der Waals surface area contributed by atoms with E-state index in [1.54, 1.807) is 8.05 Å². The molecule has 0 saturated carbocycles. The first kappa shape index (κ1) is 17.4. The quantitative estimate of drug-likeness (QED) is 0.756. The summed E-state index contributed by atoms with van der Waals surface area (Å²) in [5.41, 5.74) is 2.15. The van der Waals surface area contributed by atoms with Gasteiger partial charge in [0.1, 0.15) is 12.4 Å². The number of amides is 1. The van der Waals surface area contributed by atoms with Crippen LogP contribution in [0.25, 0.3) is 0 Å². The van der Waals surface area contributed by atoms with Gasteiger partial charge in [-0.25, -0.2) is 0 Å². The van der Waals surface area contributed by atoms with Gasteiger partial charge in [-0.2, -0.15) is 0 Å². The van der Waals surface area contributed by atoms with Crippen molar-refractivity contribution in [3.05, 3.63) is 58.1 Å². The summed E-state index contributed by atoms with van der Waals surface area (Å²) in [7, 11) is 1.62. The van der Waals surface area contributed by atoms with Crippen molar-refractivity contribution in [2.24, 2.45) is 0 Å². The summed E-state index contributed by atoms with van der Waals surface area (Å²) in [5.74, 6) is 1.34. The fourth-order valence-electron chi connectivity index (χ4n) is 2.15. The molecule has 6 heteroatoms. The Morgan fingerprint density at radius 3 is 2.61 bits per heavy atom. The zero-order chi connectivity index (χ0) is 16.7. The Labute approximate surface area is 145 Å². The van der Waals surface area contributed by atoms with Crippen LogP contribution >= 0.6 is 15.9 Å². The van der Waals surface area contributed by atoms with Gasteiger partial charge in [-0.3, -0.25) is 4.79 Å². The van der Waals surface area contributed by atoms with Crippen LogP contribution in [-0.4, -0.2) is 20.5 Å². The molecule has 120 valence electrons. The molecule has 0 saturated heterocycles. The zero-order valence-electron chi connectivity index (χ0n) is 13.3. The smallest absolute Gasteiger partial charge is 0.322 e. The highest BCUT2D eigenvalue weighted by Gasteiger charge is 2.10. The van der Waals surface area contributed by atoms with Gasteiger partial charge in [0.05, 0.1) is 0 Å². The summed E-state index contributed by atoms with van der Waals surface area (Å²) in [6.07, 6.45) is 0.714. The Morgan fingerprint density at radius 1 is 1.22 bits per heavy atom. The van der Waals surface area contributed by atoms with Gasteiger partial charge in [-0.15, -0.1) is 0 Å². The van der Waals surface area contributed by atoms with Crippen LogP contribution in [0.3, 0.4) is 0 Å². The molecule has 0 aliphatic rings. The number of hydrogen-bond acceptors (Lipinski definition) is 3. The molecule has 0 aliphatic heterocycles. The molecule has 0 atom stereocenters. The van der Waals surface area contributed by atoms with Gasteiger partial charge in [0.2, 0.25) is 5.91 Å². The number of carbonyl (C=O) groups excluding carboxylic acids is 1. The van der Waals surface area contributed by atoms with Crippen LogP contribution in [0.4, 0.5) is 0 Å². The highest BCUT2D eigenvalue weighted by Crippen LogP contribution is 2.34. The summed E-state index contributed by atoms with van der Waals surface area (Å²) in [6.45, 7) is 2.57. The lowest BCUT2D eigenvalue weighted by Gasteiger charge is -2.15. The summed E-state index contributed by atoms with van der Waals surface area (Å²) >= 11 is 3.54. The number of benzene rings is 2. The van der Waals surface area contributed by atoms with Crippen LogP contribution in [-0.2, 0) is 17.8 Å². The molecule has 2 aromatic carbocycles. The van der Waals surface area contributed by atoms with Gasteiger partial charge in [-0.1, -0.05) is 46.3 Å². The maximum atomic E-state index is 11.0. The van der Waals surface area contributed by atoms with Crippen LogP contribution in [0, 0.1) is 0 Å². The number of nitrogens with one attached hydrogen (secondary N) is 1. The molecule has 0 aliphatic carbocycles. The van der Waals surface area contributed by atoms with Crippen molar-refractivity contribution in [3.8, 4) is 11.5 Å². The molecule has 1 amide bonds. The largest absolute Gasteiger partial charge is 0.565 e. The highest BCUT2D eigenvalue weighted by atomic mass is 79.9. The van der Waals surface area contributed by atoms with Crippen LogP contribution in [0.1, 0.15) is 18.1 Å². The molecule has 2 aromatic rings. The van der Waals surface area contributed by atoms with E-state index < -0.39 is 0 Å². The monoisotopic (exact) mass is 375 g/mol. The lowest BCUT2D eigenvalue weighted by atomic mass is 10.1. The second-order valence-corrected chi connectivity index (χ2v) is 5.96. The molecular formula is C17H19BBrNO3. The van der Waals surface area contributed by atoms with Gasteiger partial charge >= 0.3 is 8.05 Å². The van der Waals surface area contributed by atoms with Crippen LogP contribution < -0.4 is 14.7 Å². The second kappa shape index (κ2) is 8.63. The minimum absolute atomic E-state index is 0.0322. The molecule has 0 radical (unpaired) electrons. The average Bonchev–Trinajstić information content (AvgIpc) is 2.55. The van der Waals surface area contributed by atoms with Crippen LogP contribution in [0.2, 0.25) is 0 Å². The van der Waals surface area contributed by atoms with E-state index in [4.69, 9.17) is 9.39 Å². The normalized spacial score (nSPS) is 10.2. The SMILES string of the molecule is BOc1cc(Br)c(CCNC(C)=O)cc1OCc1ccccc1. The Morgan fingerprint density at radius 2 is 1.96 bits per heavy atom. The molecule has 0 unspecified atom stereocenters. The van der Waals surface area contributed by atoms with Crippen molar-refractivity contribution in [1.29, 1.82) is 0 Å². The van der Waals surface area contributed by atoms with Crippen molar-refractivity contribution in [1.82, 2.24) is 5.32 Å². The van der Waals surface area contributed by atoms with Crippen molar-refractivity contribution >= 4 is 29.9 Å². The Balaban J connectivity index is 2.11. The summed E-state index contributed by atoms with van der Waals surface area (Å²) < 4.78 is 12.2. The molecule has 0 spiro atoms. The summed E-state index contributed by atoms with van der Waals surface area (Å²) in [5, 5.41) is 2.80. The van der Waals surface area contributed by atoms with Crippen LogP contribution in [0.5, 0.6) is 11.5 Å². The predicted octanol–water partition coefficient (Wildman–Crippen LogP) is 2.63. The first-order chi connectivity index (χ1) is 11.1. The van der Waals surface area contributed by atoms with E-state index in [1.807, 2.05) is 42.5 Å². The van der Waals surface area contributed by atoms with Gasteiger partial charge in [-0.05, 0) is 29.7 Å². The lowest BCUT2D eigenvalue weighted by Crippen LogP contribution is -2.22. The Kier molecular flexibility index (Phi) is 6.53. The van der Waals surface area contributed by atoms with Crippen molar-refractivity contribution in [2.75, 3.05) is 6.54 Å². The fraction of sp³-hybridized carbons (Fsp3) is 0.235. The van der Waals surface area contributed by atoms with E-state index >= 15 is 0 Å². The Hall–Kier alpha value is -1.95. The third kappa shape index (κ3) is 5.32. The standard InChI is InChI=1S/C17H19BBrNO3/c1-12(21)20-8-7-14-9-16(17(23-18)10-15(14)19)22-11-13-5-3-2-4-6-13/h2-6,9-10H,7-8,11,18H2,1H3,(H,20,21). The van der Waals surface area contributed by atoms with E-state index in [-0.39, 0.29) is 5.91 Å². The number of rotatable bonds is 7. The third-order valence-corrected chi connectivity index (χ3v) is 4.08. The first-order valence-corrected chi connectivity index (χ1v) is 8.17. The van der Waals surface area contributed by atoms with Gasteiger partial charge in [0.15, 0.2) is 5.75 Å². The summed E-state index contributed by atoms with van der Waals surface area (Å²) in [4.78, 5) is 11.0. The molecule has 0 bridgehead atoms. The molecule has 4 nitrogen and oxygen atoms in total. The minimum Gasteiger partial charge on any atom is -0.565 e. The zero-order valence-corrected chi connectivity index (χ0v) is 14.9. The number of hydrogen-bond donors (Lipinski definition) is 1. The molecular weight excluding hydrogens is 357 g/mol. The van der Waals surface area contributed by atoms with Gasteiger partial charge in [0, 0.05) is 17.9 Å². The molecule has 2 rings (SSSR count). The molecule has 23 heavy (non-hydrogen) atoms. The molecule has 0 fully saturated rings. The van der Waals surface area contributed by atoms with E-state index in [0.717, 1.165) is 15.6 Å². The molecule has 1 N–H and O–H groups in total. The van der Waals surface area contributed by atoms with Crippen molar-refractivity contribution in [3.63, 3.8) is 0 Å². The van der Waals surface area contributed by atoms with E-state index in [2.05, 4.69) is 21.2 Å². The van der Waals surface area contributed by atoms with Crippen molar-refractivity contribution < 1.29 is 14.2 Å². The average molecular weight is 376 g/mol. The third-order valence-electron chi connectivity index (χ3n) is 3.34. The molecule has 0 heterocycles. The lowest BCUT2D eigenvalue weighted by molar-refractivity contribution is -0.118. The maximum Gasteiger partial charge on any atom is 0.322 e. The first-order valence-electron chi connectivity index (χ1n) is 7.37. The topological polar surface area (TPSA) is 47.6 Å². The van der Waals surface area contributed by atoms with E-state index in [0.29, 0.717) is 31.1 Å². The van der Waals surface area contributed by atoms with Crippen LogP contribution in [0.15, 0.2) is 46.9 Å². The number of ether oxygens (including phenoxy) is 1. The fourth-order valence-corrected chi connectivity index (χ4v) is 2.67. The van der Waals surface area contributed by atoms with Crippen molar-refractivity contribution in [2.45, 2.75) is 20.0 Å². The number of halogens is 1. The van der Waals surface area contributed by atoms with Gasteiger partial charge < -0.3 is 14.7 Å². The molecule has 0 aromatic heterocycles. The van der Waals surface area contributed by atoms with E-state index in [1.165, 1.54) is 6.92 Å². The maximum absolute atomic E-state index is 11.0. The highest BCUT2D eigenvalue weighted by molar-refractivity contribution is 9.10. The summed E-state index contributed by atoms with van der Waals surface area (Å²) in [6, 6.07) is 13.8. The predicted molar refractivity (Wildman–Crippen MR) is 96.5 cm³/mol. The van der Waals surface area contributed by atoms with Gasteiger partial charge in [0.25, 0.3) is 0 Å².